The minimum atomic E-state index is -1.90. The van der Waals surface area contributed by atoms with Gasteiger partial charge in [-0.1, -0.05) is 26.8 Å². The van der Waals surface area contributed by atoms with Crippen LogP contribution < -0.4 is 0 Å². The van der Waals surface area contributed by atoms with Crippen LogP contribution in [0.25, 0.3) is 0 Å². The van der Waals surface area contributed by atoms with Crippen molar-refractivity contribution in [3.8, 4) is 0 Å². The summed E-state index contributed by atoms with van der Waals surface area (Å²) in [6.45, 7) is 16.0. The van der Waals surface area contributed by atoms with E-state index in [1.54, 1.807) is 6.92 Å². The van der Waals surface area contributed by atoms with Crippen molar-refractivity contribution in [1.82, 2.24) is 0 Å². The summed E-state index contributed by atoms with van der Waals surface area (Å²) in [5.74, 6) is -1.50. The number of hydrogen-bond acceptors (Lipinski definition) is 2. The Balaban J connectivity index is 4.73. The molecular formula is C12H24O3Si. The minimum absolute atomic E-state index is 0.0888. The van der Waals surface area contributed by atoms with Gasteiger partial charge in [-0.25, -0.2) is 0 Å². The number of carbonyl (C=O) groups is 1. The molecule has 0 rings (SSSR count). The fourth-order valence-electron chi connectivity index (χ4n) is 1.21. The van der Waals surface area contributed by atoms with Crippen molar-refractivity contribution in [2.24, 2.45) is 5.92 Å². The Labute approximate surface area is 99.6 Å². The molecule has 0 bridgehead atoms. The molecule has 0 aliphatic rings. The molecule has 94 valence electrons. The van der Waals surface area contributed by atoms with E-state index < -0.39 is 20.2 Å². The third-order valence-corrected chi connectivity index (χ3v) is 7.90. The standard InChI is InChI=1S/C12H24O3Si/c1-8-10(11(13)14)9(2)15-16(6,7)12(3,4)5/h8-10H,1H2,2-7H3,(H,13,14)/t9-,10?/m1/s1. The first-order valence-electron chi connectivity index (χ1n) is 5.56. The zero-order chi connectivity index (χ0) is 13.1. The molecule has 0 aromatic heterocycles. The average Bonchev–Trinajstić information content (AvgIpc) is 2.00. The van der Waals surface area contributed by atoms with Gasteiger partial charge < -0.3 is 9.53 Å². The fraction of sp³-hybridized carbons (Fsp3) is 0.750. The van der Waals surface area contributed by atoms with Gasteiger partial charge in [-0.15, -0.1) is 6.58 Å². The molecule has 3 nitrogen and oxygen atoms in total. The van der Waals surface area contributed by atoms with Crippen molar-refractivity contribution >= 4 is 14.3 Å². The maximum atomic E-state index is 11.0. The first kappa shape index (κ1) is 15.4. The summed E-state index contributed by atoms with van der Waals surface area (Å²) in [6.07, 6.45) is 1.12. The maximum absolute atomic E-state index is 11.0. The second kappa shape index (κ2) is 5.14. The number of hydrogen-bond donors (Lipinski definition) is 1. The van der Waals surface area contributed by atoms with E-state index in [9.17, 15) is 4.79 Å². The van der Waals surface area contributed by atoms with Crippen molar-refractivity contribution in [3.05, 3.63) is 12.7 Å². The van der Waals surface area contributed by atoms with Crippen LogP contribution in [0.15, 0.2) is 12.7 Å². The predicted octanol–water partition coefficient (Wildman–Crippen LogP) is 3.28. The summed E-state index contributed by atoms with van der Waals surface area (Å²) < 4.78 is 6.00. The highest BCUT2D eigenvalue weighted by Crippen LogP contribution is 2.38. The van der Waals surface area contributed by atoms with Gasteiger partial charge in [0.25, 0.3) is 0 Å². The first-order chi connectivity index (χ1) is 7.03. The zero-order valence-electron chi connectivity index (χ0n) is 11.2. The summed E-state index contributed by atoms with van der Waals surface area (Å²) in [5, 5.41) is 9.10. The van der Waals surface area contributed by atoms with Gasteiger partial charge in [0.05, 0.1) is 12.0 Å². The number of aliphatic carboxylic acids is 1. The molecule has 1 unspecified atom stereocenters. The quantitative estimate of drug-likeness (QED) is 0.596. The summed E-state index contributed by atoms with van der Waals surface area (Å²) in [5.41, 5.74) is 0. The topological polar surface area (TPSA) is 46.5 Å². The lowest BCUT2D eigenvalue weighted by atomic mass is 10.1. The smallest absolute Gasteiger partial charge is 0.312 e. The van der Waals surface area contributed by atoms with Gasteiger partial charge in [-0.3, -0.25) is 4.79 Å². The van der Waals surface area contributed by atoms with Crippen LogP contribution in [0.4, 0.5) is 0 Å². The Bertz CT molecular complexity index is 266. The molecule has 0 aliphatic heterocycles. The number of rotatable bonds is 5. The monoisotopic (exact) mass is 244 g/mol. The van der Waals surface area contributed by atoms with Crippen molar-refractivity contribution < 1.29 is 14.3 Å². The molecule has 4 heteroatoms. The Hall–Kier alpha value is -0.613. The Kier molecular flexibility index (Phi) is 4.95. The largest absolute Gasteiger partial charge is 0.481 e. The minimum Gasteiger partial charge on any atom is -0.481 e. The van der Waals surface area contributed by atoms with Crippen LogP contribution in [0, 0.1) is 5.92 Å². The summed E-state index contributed by atoms with van der Waals surface area (Å²) in [4.78, 5) is 11.0. The Morgan fingerprint density at radius 3 is 2.12 bits per heavy atom. The van der Waals surface area contributed by atoms with Crippen molar-refractivity contribution in [2.45, 2.75) is 51.9 Å². The molecule has 0 aromatic rings. The SMILES string of the molecule is C=CC(C(=O)O)[C@@H](C)O[Si](C)(C)C(C)(C)C. The molecule has 0 spiro atoms. The second-order valence-electron chi connectivity index (χ2n) is 5.68. The van der Waals surface area contributed by atoms with Gasteiger partial charge in [0, 0.05) is 0 Å². The molecule has 0 saturated carbocycles. The van der Waals surface area contributed by atoms with Crippen LogP contribution in [-0.2, 0) is 9.22 Å². The summed E-state index contributed by atoms with van der Waals surface area (Å²) in [7, 11) is -1.90. The van der Waals surface area contributed by atoms with E-state index in [4.69, 9.17) is 9.53 Å². The Morgan fingerprint density at radius 2 is 1.88 bits per heavy atom. The second-order valence-corrected chi connectivity index (χ2v) is 10.4. The molecular weight excluding hydrogens is 220 g/mol. The van der Waals surface area contributed by atoms with Gasteiger partial charge in [-0.2, -0.15) is 0 Å². The average molecular weight is 244 g/mol. The van der Waals surface area contributed by atoms with Gasteiger partial charge in [-0.05, 0) is 25.1 Å². The number of carboxylic acid groups (broad SMARTS) is 1. The lowest BCUT2D eigenvalue weighted by Gasteiger charge is -2.39. The summed E-state index contributed by atoms with van der Waals surface area (Å²) in [6, 6.07) is 0. The maximum Gasteiger partial charge on any atom is 0.312 e. The van der Waals surface area contributed by atoms with Crippen molar-refractivity contribution in [2.75, 3.05) is 0 Å². The highest BCUT2D eigenvalue weighted by molar-refractivity contribution is 6.74. The summed E-state index contributed by atoms with van der Waals surface area (Å²) >= 11 is 0. The van der Waals surface area contributed by atoms with Crippen LogP contribution in [0.5, 0.6) is 0 Å². The van der Waals surface area contributed by atoms with Gasteiger partial charge in [0.1, 0.15) is 0 Å². The van der Waals surface area contributed by atoms with Crippen LogP contribution in [0.3, 0.4) is 0 Å². The van der Waals surface area contributed by atoms with E-state index in [0.29, 0.717) is 0 Å². The number of carboxylic acids is 1. The highest BCUT2D eigenvalue weighted by atomic mass is 28.4. The van der Waals surface area contributed by atoms with Crippen LogP contribution in [0.1, 0.15) is 27.7 Å². The normalized spacial score (nSPS) is 16.6. The van der Waals surface area contributed by atoms with Crippen LogP contribution in [0.2, 0.25) is 18.1 Å². The van der Waals surface area contributed by atoms with E-state index in [0.717, 1.165) is 0 Å². The molecule has 2 atom stereocenters. The van der Waals surface area contributed by atoms with E-state index in [1.165, 1.54) is 6.08 Å². The van der Waals surface area contributed by atoms with Crippen molar-refractivity contribution in [1.29, 1.82) is 0 Å². The van der Waals surface area contributed by atoms with E-state index in [2.05, 4.69) is 40.4 Å². The molecule has 0 fully saturated rings. The van der Waals surface area contributed by atoms with Gasteiger partial charge in [0.2, 0.25) is 0 Å². The third kappa shape index (κ3) is 3.76. The fourth-order valence-corrected chi connectivity index (χ4v) is 2.64. The van der Waals surface area contributed by atoms with Crippen LogP contribution in [-0.4, -0.2) is 25.5 Å². The van der Waals surface area contributed by atoms with Crippen molar-refractivity contribution in [3.63, 3.8) is 0 Å². The Morgan fingerprint density at radius 1 is 1.44 bits per heavy atom. The molecule has 0 saturated heterocycles. The molecule has 0 radical (unpaired) electrons. The third-order valence-electron chi connectivity index (χ3n) is 3.33. The molecule has 16 heavy (non-hydrogen) atoms. The molecule has 0 aliphatic carbocycles. The lowest BCUT2D eigenvalue weighted by molar-refractivity contribution is -0.142. The van der Waals surface area contributed by atoms with Gasteiger partial charge >= 0.3 is 5.97 Å². The first-order valence-corrected chi connectivity index (χ1v) is 8.47. The van der Waals surface area contributed by atoms with E-state index in [-0.39, 0.29) is 11.1 Å². The van der Waals surface area contributed by atoms with E-state index in [1.807, 2.05) is 0 Å². The van der Waals surface area contributed by atoms with Crippen LogP contribution >= 0.6 is 0 Å². The molecule has 1 N–H and O–H groups in total. The predicted molar refractivity (Wildman–Crippen MR) is 69.1 cm³/mol. The zero-order valence-corrected chi connectivity index (χ0v) is 12.2. The highest BCUT2D eigenvalue weighted by Gasteiger charge is 2.40. The molecule has 0 heterocycles. The van der Waals surface area contributed by atoms with E-state index >= 15 is 0 Å². The molecule has 0 amide bonds. The molecule has 0 aromatic carbocycles. The van der Waals surface area contributed by atoms with Gasteiger partial charge in [0.15, 0.2) is 8.32 Å². The lowest BCUT2D eigenvalue weighted by Crippen LogP contribution is -2.45.